The third-order valence-electron chi connectivity index (χ3n) is 2.87. The molecular weight excluding hydrogens is 319 g/mol. The van der Waals surface area contributed by atoms with E-state index in [9.17, 15) is 10.1 Å². The highest BCUT2D eigenvalue weighted by atomic mass is 127. The first kappa shape index (κ1) is 11.6. The Morgan fingerprint density at radius 3 is 2.81 bits per heavy atom. The van der Waals surface area contributed by atoms with Gasteiger partial charge >= 0.3 is 0 Å². The zero-order valence-corrected chi connectivity index (χ0v) is 11.1. The quantitative estimate of drug-likeness (QED) is 0.522. The molecule has 1 fully saturated rings. The maximum Gasteiger partial charge on any atom is 0.293 e. The monoisotopic (exact) mass is 332 g/mol. The summed E-state index contributed by atoms with van der Waals surface area (Å²) in [5.41, 5.74) is 0.796. The largest absolute Gasteiger partial charge is 0.377 e. The van der Waals surface area contributed by atoms with Crippen molar-refractivity contribution in [3.63, 3.8) is 0 Å². The van der Waals surface area contributed by atoms with E-state index in [1.54, 1.807) is 12.1 Å². The summed E-state index contributed by atoms with van der Waals surface area (Å²) >= 11 is 2.08. The molecule has 1 atom stereocenters. The lowest BCUT2D eigenvalue weighted by Gasteiger charge is -2.14. The third kappa shape index (κ3) is 2.63. The molecular formula is C11H13IN2O2. The highest BCUT2D eigenvalue weighted by Gasteiger charge is 2.29. The molecule has 0 spiro atoms. The molecule has 4 nitrogen and oxygen atoms in total. The molecule has 1 unspecified atom stereocenters. The van der Waals surface area contributed by atoms with E-state index in [2.05, 4.69) is 34.8 Å². The highest BCUT2D eigenvalue weighted by molar-refractivity contribution is 14.1. The lowest BCUT2D eigenvalue weighted by molar-refractivity contribution is -0.384. The van der Waals surface area contributed by atoms with Crippen molar-refractivity contribution >= 4 is 34.0 Å². The fraction of sp³-hybridized carbons (Fsp3) is 0.455. The molecule has 1 aliphatic carbocycles. The first-order valence-electron chi connectivity index (χ1n) is 5.28. The van der Waals surface area contributed by atoms with Crippen molar-refractivity contribution < 1.29 is 4.92 Å². The van der Waals surface area contributed by atoms with Gasteiger partial charge in [-0.25, -0.2) is 0 Å². The predicted molar refractivity (Wildman–Crippen MR) is 71.6 cm³/mol. The summed E-state index contributed by atoms with van der Waals surface area (Å²) in [6.45, 7) is 2.08. The fourth-order valence-corrected chi connectivity index (χ4v) is 2.21. The van der Waals surface area contributed by atoms with Crippen molar-refractivity contribution in [3.05, 3.63) is 31.9 Å². The molecule has 0 amide bonds. The third-order valence-corrected chi connectivity index (χ3v) is 3.54. The average molecular weight is 332 g/mol. The van der Waals surface area contributed by atoms with Crippen LogP contribution < -0.4 is 5.32 Å². The van der Waals surface area contributed by atoms with E-state index < -0.39 is 0 Å². The predicted octanol–water partition coefficient (Wildman–Crippen LogP) is 3.41. The van der Waals surface area contributed by atoms with E-state index in [-0.39, 0.29) is 10.6 Å². The van der Waals surface area contributed by atoms with Crippen LogP contribution in [0.5, 0.6) is 0 Å². The SMILES string of the molecule is CC(Nc1ccc(I)cc1[N+](=O)[O-])C1CC1. The summed E-state index contributed by atoms with van der Waals surface area (Å²) in [7, 11) is 0. The van der Waals surface area contributed by atoms with Gasteiger partial charge in [0.05, 0.1) is 4.92 Å². The molecule has 16 heavy (non-hydrogen) atoms. The molecule has 0 radical (unpaired) electrons. The second-order valence-electron chi connectivity index (χ2n) is 4.19. The van der Waals surface area contributed by atoms with Crippen LogP contribution in [0.25, 0.3) is 0 Å². The maximum absolute atomic E-state index is 10.9. The van der Waals surface area contributed by atoms with Gasteiger partial charge < -0.3 is 5.32 Å². The van der Waals surface area contributed by atoms with Crippen LogP contribution in [-0.2, 0) is 0 Å². The molecule has 86 valence electrons. The molecule has 1 aliphatic rings. The van der Waals surface area contributed by atoms with Crippen LogP contribution in [0.2, 0.25) is 0 Å². The van der Waals surface area contributed by atoms with Gasteiger partial charge in [0.1, 0.15) is 5.69 Å². The Balaban J connectivity index is 2.21. The van der Waals surface area contributed by atoms with Gasteiger partial charge in [-0.2, -0.15) is 0 Å². The van der Waals surface area contributed by atoms with Gasteiger partial charge in [0.25, 0.3) is 5.69 Å². The van der Waals surface area contributed by atoms with E-state index in [0.717, 1.165) is 3.57 Å². The highest BCUT2D eigenvalue weighted by Crippen LogP contribution is 2.35. The number of hydrogen-bond donors (Lipinski definition) is 1. The topological polar surface area (TPSA) is 55.2 Å². The van der Waals surface area contributed by atoms with Crippen LogP contribution in [0.1, 0.15) is 19.8 Å². The molecule has 1 aromatic rings. The standard InChI is InChI=1S/C11H13IN2O2/c1-7(8-2-3-8)13-10-5-4-9(12)6-11(10)14(15)16/h4-8,13H,2-3H2,1H3. The maximum atomic E-state index is 10.9. The van der Waals surface area contributed by atoms with Gasteiger partial charge in [0.15, 0.2) is 0 Å². The minimum absolute atomic E-state index is 0.166. The molecule has 0 heterocycles. The molecule has 5 heteroatoms. The number of nitrogens with one attached hydrogen (secondary N) is 1. The van der Waals surface area contributed by atoms with Gasteiger partial charge in [0, 0.05) is 15.7 Å². The normalized spacial score (nSPS) is 16.9. The van der Waals surface area contributed by atoms with Crippen LogP contribution in [0.3, 0.4) is 0 Å². The molecule has 2 rings (SSSR count). The number of rotatable bonds is 4. The van der Waals surface area contributed by atoms with Crippen molar-refractivity contribution in [2.75, 3.05) is 5.32 Å². The summed E-state index contributed by atoms with van der Waals surface area (Å²) in [6.07, 6.45) is 2.46. The summed E-state index contributed by atoms with van der Waals surface area (Å²) in [5.74, 6) is 0.680. The van der Waals surface area contributed by atoms with Gasteiger partial charge in [0.2, 0.25) is 0 Å². The van der Waals surface area contributed by atoms with Crippen LogP contribution in [-0.4, -0.2) is 11.0 Å². The Hall–Kier alpha value is -0.850. The van der Waals surface area contributed by atoms with Crippen LogP contribution in [0.4, 0.5) is 11.4 Å². The lowest BCUT2D eigenvalue weighted by Crippen LogP contribution is -2.18. The molecule has 0 saturated heterocycles. The Kier molecular flexibility index (Phi) is 3.32. The van der Waals surface area contributed by atoms with Crippen molar-refractivity contribution in [2.24, 2.45) is 5.92 Å². The molecule has 0 aromatic heterocycles. The Morgan fingerprint density at radius 2 is 2.25 bits per heavy atom. The van der Waals surface area contributed by atoms with Crippen molar-refractivity contribution in [3.8, 4) is 0 Å². The fourth-order valence-electron chi connectivity index (χ4n) is 1.74. The van der Waals surface area contributed by atoms with Crippen molar-refractivity contribution in [1.29, 1.82) is 0 Å². The van der Waals surface area contributed by atoms with Crippen molar-refractivity contribution in [1.82, 2.24) is 0 Å². The summed E-state index contributed by atoms with van der Waals surface area (Å²) < 4.78 is 0.883. The zero-order valence-electron chi connectivity index (χ0n) is 8.94. The number of nitrogens with zero attached hydrogens (tertiary/aromatic N) is 1. The second-order valence-corrected chi connectivity index (χ2v) is 5.43. The van der Waals surface area contributed by atoms with E-state index in [1.165, 1.54) is 12.8 Å². The van der Waals surface area contributed by atoms with E-state index >= 15 is 0 Å². The second kappa shape index (κ2) is 4.57. The molecule has 1 saturated carbocycles. The molecule has 0 bridgehead atoms. The average Bonchev–Trinajstić information content (AvgIpc) is 3.03. The number of benzene rings is 1. The first-order valence-corrected chi connectivity index (χ1v) is 6.36. The number of halogens is 1. The van der Waals surface area contributed by atoms with Gasteiger partial charge in [-0.1, -0.05) is 0 Å². The van der Waals surface area contributed by atoms with Crippen LogP contribution >= 0.6 is 22.6 Å². The lowest BCUT2D eigenvalue weighted by atomic mass is 10.2. The van der Waals surface area contributed by atoms with Gasteiger partial charge in [-0.05, 0) is 60.4 Å². The molecule has 0 aliphatic heterocycles. The zero-order chi connectivity index (χ0) is 11.7. The minimum atomic E-state index is -0.329. The summed E-state index contributed by atoms with van der Waals surface area (Å²) in [4.78, 5) is 10.6. The number of nitro benzene ring substituents is 1. The minimum Gasteiger partial charge on any atom is -0.377 e. The van der Waals surface area contributed by atoms with Crippen LogP contribution in [0, 0.1) is 19.6 Å². The number of nitro groups is 1. The van der Waals surface area contributed by atoms with Gasteiger partial charge in [-0.3, -0.25) is 10.1 Å². The van der Waals surface area contributed by atoms with E-state index in [0.29, 0.717) is 17.6 Å². The van der Waals surface area contributed by atoms with Crippen LogP contribution in [0.15, 0.2) is 18.2 Å². The smallest absolute Gasteiger partial charge is 0.293 e. The summed E-state index contributed by atoms with van der Waals surface area (Å²) in [6, 6.07) is 5.59. The summed E-state index contributed by atoms with van der Waals surface area (Å²) in [5, 5.41) is 14.1. The molecule has 1 N–H and O–H groups in total. The van der Waals surface area contributed by atoms with Gasteiger partial charge in [-0.15, -0.1) is 0 Å². The first-order chi connectivity index (χ1) is 7.58. The molecule has 1 aromatic carbocycles. The number of hydrogen-bond acceptors (Lipinski definition) is 3. The van der Waals surface area contributed by atoms with E-state index in [4.69, 9.17) is 0 Å². The van der Waals surface area contributed by atoms with E-state index in [1.807, 2.05) is 6.07 Å². The number of anilines is 1. The van der Waals surface area contributed by atoms with Crippen molar-refractivity contribution in [2.45, 2.75) is 25.8 Å². The Labute approximate surface area is 108 Å². The Morgan fingerprint density at radius 1 is 1.56 bits per heavy atom. The Bertz CT molecular complexity index is 418.